The zero-order valence-corrected chi connectivity index (χ0v) is 15.8. The van der Waals surface area contributed by atoms with Gasteiger partial charge in [0.05, 0.1) is 17.7 Å². The van der Waals surface area contributed by atoms with Crippen LogP contribution in [0.3, 0.4) is 0 Å². The number of sulfonamides is 1. The second kappa shape index (κ2) is 7.03. The van der Waals surface area contributed by atoms with Crippen molar-refractivity contribution in [2.24, 2.45) is 0 Å². The van der Waals surface area contributed by atoms with E-state index in [2.05, 4.69) is 25.5 Å². The van der Waals surface area contributed by atoms with E-state index in [1.807, 2.05) is 12.1 Å². The molecule has 0 aliphatic heterocycles. The average molecular weight is 368 g/mol. The minimum absolute atomic E-state index is 0.00585. The molecular weight excluding hydrogens is 346 g/mol. The lowest BCUT2D eigenvalue weighted by Gasteiger charge is -2.23. The largest absolute Gasteiger partial charge is 0.495 e. The summed E-state index contributed by atoms with van der Waals surface area (Å²) < 4.78 is 32.9. The normalized spacial score (nSPS) is 12.0. The number of benzene rings is 2. The van der Waals surface area contributed by atoms with Crippen molar-refractivity contribution in [2.45, 2.75) is 37.5 Å². The Kier molecular flexibility index (Phi) is 5.45. The van der Waals surface area contributed by atoms with Gasteiger partial charge in [0.15, 0.2) is 0 Å². The summed E-state index contributed by atoms with van der Waals surface area (Å²) in [4.78, 5) is 0.195. The molecule has 1 N–H and O–H groups in total. The summed E-state index contributed by atoms with van der Waals surface area (Å²) in [6.07, 6.45) is 0.969. The molecule has 0 fully saturated rings. The van der Waals surface area contributed by atoms with Gasteiger partial charge in [0.2, 0.25) is 0 Å². The van der Waals surface area contributed by atoms with Gasteiger partial charge in [0.25, 0.3) is 10.0 Å². The van der Waals surface area contributed by atoms with Crippen LogP contribution in [0.1, 0.15) is 32.8 Å². The first-order valence-corrected chi connectivity index (χ1v) is 9.52. The van der Waals surface area contributed by atoms with E-state index in [4.69, 9.17) is 16.3 Å². The Morgan fingerprint density at radius 2 is 1.75 bits per heavy atom. The molecule has 0 saturated heterocycles. The van der Waals surface area contributed by atoms with Gasteiger partial charge in [-0.3, -0.25) is 4.72 Å². The van der Waals surface area contributed by atoms with E-state index >= 15 is 0 Å². The molecule has 0 aliphatic carbocycles. The summed E-state index contributed by atoms with van der Waals surface area (Å²) >= 11 is 5.95. The first kappa shape index (κ1) is 18.6. The topological polar surface area (TPSA) is 55.4 Å². The molecule has 0 radical (unpaired) electrons. The number of ether oxygens (including phenoxy) is 1. The van der Waals surface area contributed by atoms with Crippen LogP contribution in [-0.2, 0) is 15.4 Å². The Bertz CT molecular complexity index is 815. The molecule has 2 aromatic carbocycles. The van der Waals surface area contributed by atoms with Crippen LogP contribution < -0.4 is 9.46 Å². The summed E-state index contributed by atoms with van der Waals surface area (Å²) in [5.41, 5.74) is 1.42. The maximum absolute atomic E-state index is 12.6. The zero-order chi connectivity index (χ0) is 18.0. The van der Waals surface area contributed by atoms with Gasteiger partial charge >= 0.3 is 0 Å². The van der Waals surface area contributed by atoms with Crippen LogP contribution >= 0.6 is 11.6 Å². The lowest BCUT2D eigenvalue weighted by Crippen LogP contribution is -2.17. The third-order valence-electron chi connectivity index (χ3n) is 4.24. The third kappa shape index (κ3) is 4.02. The molecule has 2 aromatic rings. The minimum atomic E-state index is -3.72. The maximum Gasteiger partial charge on any atom is 0.262 e. The van der Waals surface area contributed by atoms with Crippen LogP contribution in [0, 0.1) is 0 Å². The number of nitrogens with one attached hydrogen (secondary N) is 1. The molecule has 0 aliphatic rings. The Hall–Kier alpha value is -1.72. The van der Waals surface area contributed by atoms with Gasteiger partial charge in [-0.25, -0.2) is 8.42 Å². The van der Waals surface area contributed by atoms with Crippen LogP contribution in [0.15, 0.2) is 47.4 Å². The molecular formula is C18H22ClNO3S. The van der Waals surface area contributed by atoms with Crippen LogP contribution in [0.2, 0.25) is 5.02 Å². The van der Waals surface area contributed by atoms with Crippen LogP contribution in [-0.4, -0.2) is 15.5 Å². The SMILES string of the molecule is CCC(C)(C)c1ccc(S(=O)(=O)Nc2cc(Cl)ccc2OC)cc1. The molecule has 0 saturated carbocycles. The van der Waals surface area contributed by atoms with E-state index in [0.29, 0.717) is 16.5 Å². The Labute approximate surface area is 148 Å². The van der Waals surface area contributed by atoms with Gasteiger partial charge in [-0.2, -0.15) is 0 Å². The molecule has 24 heavy (non-hydrogen) atoms. The molecule has 6 heteroatoms. The smallest absolute Gasteiger partial charge is 0.262 e. The van der Waals surface area contributed by atoms with Crippen LogP contribution in [0.4, 0.5) is 5.69 Å². The Morgan fingerprint density at radius 3 is 2.29 bits per heavy atom. The number of anilines is 1. The molecule has 0 heterocycles. The van der Waals surface area contributed by atoms with E-state index in [-0.39, 0.29) is 10.3 Å². The molecule has 0 bridgehead atoms. The van der Waals surface area contributed by atoms with Gasteiger partial charge in [0, 0.05) is 5.02 Å². The number of methoxy groups -OCH3 is 1. The second-order valence-electron chi connectivity index (χ2n) is 6.21. The number of halogens is 1. The first-order valence-electron chi connectivity index (χ1n) is 7.66. The van der Waals surface area contributed by atoms with Gasteiger partial charge in [0.1, 0.15) is 5.75 Å². The van der Waals surface area contributed by atoms with Crippen molar-refractivity contribution < 1.29 is 13.2 Å². The third-order valence-corrected chi connectivity index (χ3v) is 5.85. The van der Waals surface area contributed by atoms with Crippen molar-refractivity contribution in [3.05, 3.63) is 53.1 Å². The molecule has 0 spiro atoms. The van der Waals surface area contributed by atoms with Crippen molar-refractivity contribution >= 4 is 27.3 Å². The number of hydrogen-bond donors (Lipinski definition) is 1. The highest BCUT2D eigenvalue weighted by molar-refractivity contribution is 7.92. The molecule has 0 aromatic heterocycles. The van der Waals surface area contributed by atoms with E-state index in [9.17, 15) is 8.42 Å². The highest BCUT2D eigenvalue weighted by atomic mass is 35.5. The molecule has 130 valence electrons. The van der Waals surface area contributed by atoms with Crippen LogP contribution in [0.5, 0.6) is 5.75 Å². The lowest BCUT2D eigenvalue weighted by atomic mass is 9.82. The van der Waals surface area contributed by atoms with Crippen molar-refractivity contribution in [1.82, 2.24) is 0 Å². The maximum atomic E-state index is 12.6. The van der Waals surface area contributed by atoms with Gasteiger partial charge in [-0.1, -0.05) is 44.5 Å². The monoisotopic (exact) mass is 367 g/mol. The van der Waals surface area contributed by atoms with E-state index in [1.54, 1.807) is 24.3 Å². The molecule has 0 amide bonds. The van der Waals surface area contributed by atoms with Gasteiger partial charge < -0.3 is 4.74 Å². The summed E-state index contributed by atoms with van der Waals surface area (Å²) in [7, 11) is -2.25. The summed E-state index contributed by atoms with van der Waals surface area (Å²) in [6, 6.07) is 11.7. The zero-order valence-electron chi connectivity index (χ0n) is 14.3. The highest BCUT2D eigenvalue weighted by Crippen LogP contribution is 2.31. The fraction of sp³-hybridized carbons (Fsp3) is 0.333. The van der Waals surface area contributed by atoms with Crippen LogP contribution in [0.25, 0.3) is 0 Å². The molecule has 2 rings (SSSR count). The fourth-order valence-electron chi connectivity index (χ4n) is 2.25. The minimum Gasteiger partial charge on any atom is -0.495 e. The van der Waals surface area contributed by atoms with E-state index in [0.717, 1.165) is 12.0 Å². The standard InChI is InChI=1S/C18H22ClNO3S/c1-5-18(2,3)13-6-9-15(10-7-13)24(21,22)20-16-12-14(19)8-11-17(16)23-4/h6-12,20H,5H2,1-4H3. The quantitative estimate of drug-likeness (QED) is 0.794. The van der Waals surface area contributed by atoms with E-state index < -0.39 is 10.0 Å². The van der Waals surface area contributed by atoms with Crippen molar-refractivity contribution in [1.29, 1.82) is 0 Å². The van der Waals surface area contributed by atoms with E-state index in [1.165, 1.54) is 13.2 Å². The first-order chi connectivity index (χ1) is 11.2. The Balaban J connectivity index is 2.33. The molecule has 0 unspecified atom stereocenters. The van der Waals surface area contributed by atoms with Crippen molar-refractivity contribution in [3.63, 3.8) is 0 Å². The molecule has 0 atom stereocenters. The fourth-order valence-corrected chi connectivity index (χ4v) is 3.49. The summed E-state index contributed by atoms with van der Waals surface area (Å²) in [5.74, 6) is 0.409. The lowest BCUT2D eigenvalue weighted by molar-refractivity contribution is 0.417. The average Bonchev–Trinajstić information content (AvgIpc) is 2.55. The van der Waals surface area contributed by atoms with Gasteiger partial charge in [-0.15, -0.1) is 0 Å². The Morgan fingerprint density at radius 1 is 1.12 bits per heavy atom. The predicted molar refractivity (Wildman–Crippen MR) is 98.6 cm³/mol. The summed E-state index contributed by atoms with van der Waals surface area (Å²) in [5, 5.41) is 0.425. The summed E-state index contributed by atoms with van der Waals surface area (Å²) in [6.45, 7) is 6.37. The van der Waals surface area contributed by atoms with Crippen molar-refractivity contribution in [3.8, 4) is 5.75 Å². The van der Waals surface area contributed by atoms with Gasteiger partial charge in [-0.05, 0) is 47.7 Å². The molecule has 4 nitrogen and oxygen atoms in total. The predicted octanol–water partition coefficient (Wildman–Crippen LogP) is 4.84. The van der Waals surface area contributed by atoms with Crippen molar-refractivity contribution in [2.75, 3.05) is 11.8 Å². The second-order valence-corrected chi connectivity index (χ2v) is 8.33. The highest BCUT2D eigenvalue weighted by Gasteiger charge is 2.21. The number of hydrogen-bond acceptors (Lipinski definition) is 3. The number of rotatable bonds is 6.